The number of nitrogens with zero attached hydrogens (tertiary/aromatic N) is 1. The minimum absolute atomic E-state index is 0.859. The predicted molar refractivity (Wildman–Crippen MR) is 235 cm³/mol. The first-order chi connectivity index (χ1) is 27.3. The van der Waals surface area contributed by atoms with E-state index in [1.807, 2.05) is 17.4 Å². The van der Waals surface area contributed by atoms with Crippen LogP contribution in [0.1, 0.15) is 0 Å². The molecular formula is C52H33NOS. The van der Waals surface area contributed by atoms with E-state index in [1.165, 1.54) is 47.6 Å². The molecular weight excluding hydrogens is 687 g/mol. The monoisotopic (exact) mass is 719 g/mol. The SMILES string of the molecule is c1ccc(-c2ccc(-c3ccc4ccccc4c3)cc2N(c2ccc(-c3cccc4c3sc3ccccc34)cc2)c2cccc3c2oc2ccccc23)cc1. The van der Waals surface area contributed by atoms with Crippen LogP contribution in [0, 0.1) is 0 Å². The number of para-hydroxylation sites is 2. The molecule has 0 saturated carbocycles. The Morgan fingerprint density at radius 2 is 1.04 bits per heavy atom. The van der Waals surface area contributed by atoms with Gasteiger partial charge < -0.3 is 9.32 Å². The largest absolute Gasteiger partial charge is 0.454 e. The molecule has 0 saturated heterocycles. The number of fused-ring (bicyclic) bond motifs is 7. The van der Waals surface area contributed by atoms with Gasteiger partial charge in [0.05, 0.1) is 11.4 Å². The van der Waals surface area contributed by atoms with Crippen LogP contribution in [0.2, 0.25) is 0 Å². The summed E-state index contributed by atoms with van der Waals surface area (Å²) >= 11 is 1.87. The smallest absolute Gasteiger partial charge is 0.159 e. The molecule has 0 amide bonds. The van der Waals surface area contributed by atoms with Crippen LogP contribution in [0.15, 0.2) is 205 Å². The molecule has 0 N–H and O–H groups in total. The van der Waals surface area contributed by atoms with Crippen LogP contribution in [-0.4, -0.2) is 0 Å². The maximum absolute atomic E-state index is 6.75. The van der Waals surface area contributed by atoms with Crippen LogP contribution >= 0.6 is 11.3 Å². The van der Waals surface area contributed by atoms with Crippen molar-refractivity contribution in [3.63, 3.8) is 0 Å². The lowest BCUT2D eigenvalue weighted by Gasteiger charge is -2.29. The van der Waals surface area contributed by atoms with Crippen LogP contribution < -0.4 is 4.90 Å². The van der Waals surface area contributed by atoms with Crippen molar-refractivity contribution in [2.45, 2.75) is 0 Å². The zero-order chi connectivity index (χ0) is 36.3. The lowest BCUT2D eigenvalue weighted by molar-refractivity contribution is 0.669. The van der Waals surface area contributed by atoms with Gasteiger partial charge in [0.1, 0.15) is 5.58 Å². The molecule has 0 aliphatic rings. The van der Waals surface area contributed by atoms with Crippen molar-refractivity contribution in [3.8, 4) is 33.4 Å². The molecule has 3 heteroatoms. The maximum Gasteiger partial charge on any atom is 0.159 e. The van der Waals surface area contributed by atoms with Crippen LogP contribution in [0.5, 0.6) is 0 Å². The van der Waals surface area contributed by atoms with E-state index in [2.05, 4.69) is 199 Å². The van der Waals surface area contributed by atoms with E-state index in [9.17, 15) is 0 Å². The van der Waals surface area contributed by atoms with Crippen LogP contribution in [-0.2, 0) is 0 Å². The summed E-state index contributed by atoms with van der Waals surface area (Å²) in [6, 6.07) is 72.2. The summed E-state index contributed by atoms with van der Waals surface area (Å²) in [6.45, 7) is 0. The summed E-state index contributed by atoms with van der Waals surface area (Å²) < 4.78 is 9.37. The molecule has 2 nitrogen and oxygen atoms in total. The number of rotatable bonds is 6. The van der Waals surface area contributed by atoms with Crippen molar-refractivity contribution in [2.75, 3.05) is 4.90 Å². The molecule has 11 aromatic rings. The first-order valence-electron chi connectivity index (χ1n) is 18.7. The molecule has 0 radical (unpaired) electrons. The van der Waals surface area contributed by atoms with Crippen molar-refractivity contribution in [1.82, 2.24) is 0 Å². The van der Waals surface area contributed by atoms with Crippen molar-refractivity contribution in [3.05, 3.63) is 200 Å². The second-order valence-corrected chi connectivity index (χ2v) is 15.1. The van der Waals surface area contributed by atoms with Gasteiger partial charge in [0.15, 0.2) is 5.58 Å². The van der Waals surface area contributed by atoms with E-state index >= 15 is 0 Å². The van der Waals surface area contributed by atoms with Crippen molar-refractivity contribution >= 4 is 81.3 Å². The Morgan fingerprint density at radius 1 is 0.382 bits per heavy atom. The van der Waals surface area contributed by atoms with E-state index in [-0.39, 0.29) is 0 Å². The molecule has 0 atom stereocenters. The highest BCUT2D eigenvalue weighted by atomic mass is 32.1. The molecule has 2 aromatic heterocycles. The lowest BCUT2D eigenvalue weighted by Crippen LogP contribution is -2.12. The Labute approximate surface area is 322 Å². The summed E-state index contributed by atoms with van der Waals surface area (Å²) in [5.41, 5.74) is 11.9. The van der Waals surface area contributed by atoms with Crippen molar-refractivity contribution in [1.29, 1.82) is 0 Å². The van der Waals surface area contributed by atoms with E-state index in [1.54, 1.807) is 0 Å². The fourth-order valence-electron chi connectivity index (χ4n) is 8.21. The quantitative estimate of drug-likeness (QED) is 0.170. The highest BCUT2D eigenvalue weighted by Gasteiger charge is 2.23. The Hall–Kier alpha value is -6.94. The average Bonchev–Trinajstić information content (AvgIpc) is 3.83. The maximum atomic E-state index is 6.75. The predicted octanol–water partition coefficient (Wildman–Crippen LogP) is 15.6. The number of hydrogen-bond donors (Lipinski definition) is 0. The molecule has 2 heterocycles. The summed E-state index contributed by atoms with van der Waals surface area (Å²) in [6.07, 6.45) is 0. The van der Waals surface area contributed by atoms with Crippen molar-refractivity contribution < 1.29 is 4.42 Å². The zero-order valence-corrected chi connectivity index (χ0v) is 30.6. The van der Waals surface area contributed by atoms with Gasteiger partial charge in [-0.2, -0.15) is 0 Å². The molecule has 0 unspecified atom stereocenters. The Morgan fingerprint density at radius 3 is 1.93 bits per heavy atom. The van der Waals surface area contributed by atoms with E-state index < -0.39 is 0 Å². The number of benzene rings is 9. The zero-order valence-electron chi connectivity index (χ0n) is 29.8. The normalized spacial score (nSPS) is 11.6. The lowest BCUT2D eigenvalue weighted by atomic mass is 9.95. The standard InChI is InChI=1S/C52H33NOS/c1-2-13-35(14-3-1)41-31-28-39(38-25-24-34-12-4-5-15-37(34)32-38)33-48(41)53(47-21-11-19-45-43-16-6-8-22-49(43)54-51(45)47)40-29-26-36(27-30-40)42-18-10-20-46-44-17-7-9-23-50(44)55-52(42)46/h1-33H. The van der Waals surface area contributed by atoms with Crippen LogP contribution in [0.25, 0.3) is 86.3 Å². The molecule has 0 aliphatic heterocycles. The molecule has 0 bridgehead atoms. The first-order valence-corrected chi connectivity index (χ1v) is 19.5. The fourth-order valence-corrected chi connectivity index (χ4v) is 9.45. The van der Waals surface area contributed by atoms with E-state index in [4.69, 9.17) is 4.42 Å². The summed E-state index contributed by atoms with van der Waals surface area (Å²) in [7, 11) is 0. The number of anilines is 3. The Kier molecular flexibility index (Phi) is 7.39. The third-order valence-electron chi connectivity index (χ3n) is 10.9. The summed E-state index contributed by atoms with van der Waals surface area (Å²) in [4.78, 5) is 2.39. The van der Waals surface area contributed by atoms with Gasteiger partial charge in [-0.1, -0.05) is 158 Å². The van der Waals surface area contributed by atoms with Gasteiger partial charge in [0, 0.05) is 42.2 Å². The fraction of sp³-hybridized carbons (Fsp3) is 0. The highest BCUT2D eigenvalue weighted by Crippen LogP contribution is 2.47. The van der Waals surface area contributed by atoms with E-state index in [0.29, 0.717) is 0 Å². The number of hydrogen-bond acceptors (Lipinski definition) is 3. The molecule has 11 rings (SSSR count). The van der Waals surface area contributed by atoms with Crippen molar-refractivity contribution in [2.24, 2.45) is 0 Å². The van der Waals surface area contributed by atoms with Crippen LogP contribution in [0.3, 0.4) is 0 Å². The molecule has 258 valence electrons. The minimum atomic E-state index is 0.859. The number of furan rings is 1. The minimum Gasteiger partial charge on any atom is -0.454 e. The third kappa shape index (κ3) is 5.32. The molecule has 0 aliphatic carbocycles. The molecule has 0 spiro atoms. The molecule has 0 fully saturated rings. The second kappa shape index (κ2) is 12.9. The Bertz CT molecular complexity index is 3210. The number of thiophene rings is 1. The van der Waals surface area contributed by atoms with Gasteiger partial charge >= 0.3 is 0 Å². The Balaban J connectivity index is 1.15. The van der Waals surface area contributed by atoms with E-state index in [0.717, 1.165) is 55.7 Å². The van der Waals surface area contributed by atoms with Gasteiger partial charge in [-0.05, 0) is 81.1 Å². The second-order valence-electron chi connectivity index (χ2n) is 14.1. The topological polar surface area (TPSA) is 16.4 Å². The molecule has 55 heavy (non-hydrogen) atoms. The third-order valence-corrected chi connectivity index (χ3v) is 12.1. The van der Waals surface area contributed by atoms with Gasteiger partial charge in [0.25, 0.3) is 0 Å². The van der Waals surface area contributed by atoms with Gasteiger partial charge in [0.2, 0.25) is 0 Å². The summed E-state index contributed by atoms with van der Waals surface area (Å²) in [5.74, 6) is 0. The molecule has 9 aromatic carbocycles. The van der Waals surface area contributed by atoms with Gasteiger partial charge in [-0.3, -0.25) is 0 Å². The van der Waals surface area contributed by atoms with Gasteiger partial charge in [-0.25, -0.2) is 0 Å². The average molecular weight is 720 g/mol. The van der Waals surface area contributed by atoms with Gasteiger partial charge in [-0.15, -0.1) is 11.3 Å². The first kappa shape index (κ1) is 31.6. The highest BCUT2D eigenvalue weighted by molar-refractivity contribution is 7.26. The summed E-state index contributed by atoms with van der Waals surface area (Å²) in [5, 5.41) is 7.28. The van der Waals surface area contributed by atoms with Crippen LogP contribution in [0.4, 0.5) is 17.1 Å².